The average Bonchev–Trinajstić information content (AvgIpc) is 2.82. The molecule has 0 amide bonds. The molecule has 3 N–H and O–H groups in total. The van der Waals surface area contributed by atoms with Crippen molar-refractivity contribution >= 4 is 0 Å². The largest absolute Gasteiger partial charge is 0.326 e. The van der Waals surface area contributed by atoms with Crippen LogP contribution < -0.4 is 11.1 Å². The van der Waals surface area contributed by atoms with E-state index in [-0.39, 0.29) is 0 Å². The van der Waals surface area contributed by atoms with E-state index in [0.717, 1.165) is 5.92 Å². The Morgan fingerprint density at radius 3 is 2.67 bits per heavy atom. The van der Waals surface area contributed by atoms with Gasteiger partial charge in [0.15, 0.2) is 0 Å². The van der Waals surface area contributed by atoms with Gasteiger partial charge in [0.1, 0.15) is 0 Å². The second kappa shape index (κ2) is 4.77. The molecule has 0 aliphatic carbocycles. The Labute approximate surface area is 91.9 Å². The highest BCUT2D eigenvalue weighted by Gasteiger charge is 2.22. The molecule has 15 heavy (non-hydrogen) atoms. The van der Waals surface area contributed by atoms with E-state index in [4.69, 9.17) is 5.73 Å². The summed E-state index contributed by atoms with van der Waals surface area (Å²) in [7, 11) is 0. The standard InChI is InChI=1S/C13H20N2/c1-10(13-6-7-15-9-13)12-4-2-11(8-14)3-5-12/h2-5,10,13,15H,6-9,14H2,1H3. The Hall–Kier alpha value is -0.860. The zero-order valence-electron chi connectivity index (χ0n) is 9.37. The van der Waals surface area contributed by atoms with Crippen molar-refractivity contribution < 1.29 is 0 Å². The fourth-order valence-electron chi connectivity index (χ4n) is 2.33. The van der Waals surface area contributed by atoms with E-state index in [1.807, 2.05) is 0 Å². The molecule has 1 heterocycles. The minimum absolute atomic E-state index is 0.639. The minimum atomic E-state index is 0.639. The molecule has 2 atom stereocenters. The van der Waals surface area contributed by atoms with Gasteiger partial charge in [-0.1, -0.05) is 31.2 Å². The van der Waals surface area contributed by atoms with Crippen molar-refractivity contribution in [1.29, 1.82) is 0 Å². The number of benzene rings is 1. The monoisotopic (exact) mass is 204 g/mol. The van der Waals surface area contributed by atoms with Gasteiger partial charge < -0.3 is 11.1 Å². The maximum absolute atomic E-state index is 5.59. The lowest BCUT2D eigenvalue weighted by atomic mass is 9.87. The summed E-state index contributed by atoms with van der Waals surface area (Å²) in [5.74, 6) is 1.46. The molecule has 2 rings (SSSR count). The van der Waals surface area contributed by atoms with Crippen molar-refractivity contribution in [3.8, 4) is 0 Å². The average molecular weight is 204 g/mol. The van der Waals surface area contributed by atoms with Crippen LogP contribution in [0.1, 0.15) is 30.4 Å². The minimum Gasteiger partial charge on any atom is -0.326 e. The van der Waals surface area contributed by atoms with E-state index in [1.54, 1.807) is 0 Å². The molecule has 0 radical (unpaired) electrons. The van der Waals surface area contributed by atoms with Crippen molar-refractivity contribution in [1.82, 2.24) is 5.32 Å². The first-order chi connectivity index (χ1) is 7.31. The highest BCUT2D eigenvalue weighted by atomic mass is 14.9. The second-order valence-corrected chi connectivity index (χ2v) is 4.49. The number of hydrogen-bond donors (Lipinski definition) is 2. The smallest absolute Gasteiger partial charge is 0.0178 e. The molecular formula is C13H20N2. The van der Waals surface area contributed by atoms with Gasteiger partial charge in [-0.05, 0) is 42.5 Å². The molecule has 1 saturated heterocycles. The van der Waals surface area contributed by atoms with Crippen LogP contribution in [0.25, 0.3) is 0 Å². The molecule has 0 aromatic heterocycles. The molecule has 0 saturated carbocycles. The molecule has 2 nitrogen and oxygen atoms in total. The topological polar surface area (TPSA) is 38.0 Å². The third-order valence-electron chi connectivity index (χ3n) is 3.55. The third-order valence-corrected chi connectivity index (χ3v) is 3.55. The van der Waals surface area contributed by atoms with Gasteiger partial charge in [-0.3, -0.25) is 0 Å². The fourth-order valence-corrected chi connectivity index (χ4v) is 2.33. The Kier molecular flexibility index (Phi) is 3.39. The summed E-state index contributed by atoms with van der Waals surface area (Å²) in [5, 5.41) is 3.43. The zero-order chi connectivity index (χ0) is 10.7. The molecule has 0 bridgehead atoms. The van der Waals surface area contributed by atoms with Gasteiger partial charge in [-0.25, -0.2) is 0 Å². The molecule has 1 fully saturated rings. The lowest BCUT2D eigenvalue weighted by Gasteiger charge is -2.18. The summed E-state index contributed by atoms with van der Waals surface area (Å²) >= 11 is 0. The van der Waals surface area contributed by atoms with Gasteiger partial charge in [0.05, 0.1) is 0 Å². The number of nitrogens with two attached hydrogens (primary N) is 1. The Balaban J connectivity index is 2.07. The second-order valence-electron chi connectivity index (χ2n) is 4.49. The van der Waals surface area contributed by atoms with Gasteiger partial charge in [-0.15, -0.1) is 0 Å². The summed E-state index contributed by atoms with van der Waals surface area (Å²) < 4.78 is 0. The van der Waals surface area contributed by atoms with E-state index in [0.29, 0.717) is 12.5 Å². The number of rotatable bonds is 3. The fraction of sp³-hybridized carbons (Fsp3) is 0.538. The van der Waals surface area contributed by atoms with Crippen molar-refractivity contribution in [2.24, 2.45) is 11.7 Å². The van der Waals surface area contributed by atoms with Crippen LogP contribution in [0.15, 0.2) is 24.3 Å². The van der Waals surface area contributed by atoms with Crippen molar-refractivity contribution in [3.05, 3.63) is 35.4 Å². The van der Waals surface area contributed by atoms with E-state index < -0.39 is 0 Å². The van der Waals surface area contributed by atoms with Crippen molar-refractivity contribution in [2.75, 3.05) is 13.1 Å². The summed E-state index contributed by atoms with van der Waals surface area (Å²) in [6.45, 7) is 5.31. The molecule has 1 aliphatic rings. The van der Waals surface area contributed by atoms with Crippen LogP contribution in [0, 0.1) is 5.92 Å². The maximum atomic E-state index is 5.59. The highest BCUT2D eigenvalue weighted by molar-refractivity contribution is 5.25. The normalized spacial score (nSPS) is 22.9. The SMILES string of the molecule is CC(c1ccc(CN)cc1)C1CCNC1. The molecule has 0 spiro atoms. The first-order valence-electron chi connectivity index (χ1n) is 5.81. The van der Waals surface area contributed by atoms with Crippen molar-refractivity contribution in [3.63, 3.8) is 0 Å². The Bertz CT molecular complexity index is 299. The highest BCUT2D eigenvalue weighted by Crippen LogP contribution is 2.28. The summed E-state index contributed by atoms with van der Waals surface area (Å²) in [5.41, 5.74) is 8.25. The number of nitrogens with one attached hydrogen (secondary N) is 1. The summed E-state index contributed by atoms with van der Waals surface area (Å²) in [6, 6.07) is 8.75. The molecule has 1 aromatic carbocycles. The van der Waals surface area contributed by atoms with E-state index in [2.05, 4.69) is 36.5 Å². The van der Waals surface area contributed by atoms with Crippen LogP contribution in [0.5, 0.6) is 0 Å². The van der Waals surface area contributed by atoms with Crippen LogP contribution >= 0.6 is 0 Å². The summed E-state index contributed by atoms with van der Waals surface area (Å²) in [6.07, 6.45) is 1.31. The molecule has 2 unspecified atom stereocenters. The third kappa shape index (κ3) is 2.39. The Morgan fingerprint density at radius 1 is 1.40 bits per heavy atom. The first-order valence-corrected chi connectivity index (χ1v) is 5.81. The molecule has 82 valence electrons. The zero-order valence-corrected chi connectivity index (χ0v) is 9.37. The van der Waals surface area contributed by atoms with Crippen LogP contribution in [-0.2, 0) is 6.54 Å². The quantitative estimate of drug-likeness (QED) is 0.788. The number of hydrogen-bond acceptors (Lipinski definition) is 2. The Morgan fingerprint density at radius 2 is 2.13 bits per heavy atom. The predicted molar refractivity (Wildman–Crippen MR) is 63.7 cm³/mol. The van der Waals surface area contributed by atoms with Gasteiger partial charge in [0.2, 0.25) is 0 Å². The van der Waals surface area contributed by atoms with E-state index >= 15 is 0 Å². The van der Waals surface area contributed by atoms with Crippen LogP contribution in [-0.4, -0.2) is 13.1 Å². The summed E-state index contributed by atoms with van der Waals surface area (Å²) in [4.78, 5) is 0. The molecule has 1 aliphatic heterocycles. The van der Waals surface area contributed by atoms with Crippen LogP contribution in [0.2, 0.25) is 0 Å². The molecular weight excluding hydrogens is 184 g/mol. The first kappa shape index (κ1) is 10.7. The van der Waals surface area contributed by atoms with E-state index in [9.17, 15) is 0 Å². The molecule has 1 aromatic rings. The van der Waals surface area contributed by atoms with Gasteiger partial charge in [0.25, 0.3) is 0 Å². The predicted octanol–water partition coefficient (Wildman–Crippen LogP) is 1.86. The lowest BCUT2D eigenvalue weighted by Crippen LogP contribution is -2.14. The molecule has 2 heteroatoms. The maximum Gasteiger partial charge on any atom is 0.0178 e. The van der Waals surface area contributed by atoms with Gasteiger partial charge in [0, 0.05) is 6.54 Å². The van der Waals surface area contributed by atoms with Gasteiger partial charge >= 0.3 is 0 Å². The van der Waals surface area contributed by atoms with Gasteiger partial charge in [-0.2, -0.15) is 0 Å². The van der Waals surface area contributed by atoms with Crippen molar-refractivity contribution in [2.45, 2.75) is 25.8 Å². The lowest BCUT2D eigenvalue weighted by molar-refractivity contribution is 0.487. The van der Waals surface area contributed by atoms with Crippen LogP contribution in [0.3, 0.4) is 0 Å². The van der Waals surface area contributed by atoms with Crippen LogP contribution in [0.4, 0.5) is 0 Å². The van der Waals surface area contributed by atoms with E-state index in [1.165, 1.54) is 30.6 Å².